The molecule has 28 heavy (non-hydrogen) atoms. The van der Waals surface area contributed by atoms with Crippen molar-refractivity contribution in [1.29, 1.82) is 0 Å². The monoisotopic (exact) mass is 451 g/mol. The van der Waals surface area contributed by atoms with E-state index in [1.165, 1.54) is 43.3 Å². The van der Waals surface area contributed by atoms with Crippen molar-refractivity contribution in [3.05, 3.63) is 57.0 Å². The molecule has 0 saturated heterocycles. The van der Waals surface area contributed by atoms with Gasteiger partial charge in [-0.25, -0.2) is 0 Å². The second-order valence-electron chi connectivity index (χ2n) is 5.57. The number of rotatable bonds is 7. The number of alkyl halides is 2. The summed E-state index contributed by atoms with van der Waals surface area (Å²) in [6.45, 7) is -1.54. The number of carbonyl (C=O) groups excluding carboxylic acids is 2. The molecule has 0 radical (unpaired) electrons. The summed E-state index contributed by atoms with van der Waals surface area (Å²) in [6.07, 6.45) is -1.26. The van der Waals surface area contributed by atoms with Gasteiger partial charge in [-0.2, -0.15) is 8.78 Å². The van der Waals surface area contributed by atoms with Gasteiger partial charge in [-0.15, -0.1) is 0 Å². The van der Waals surface area contributed by atoms with E-state index in [-0.39, 0.29) is 32.9 Å². The number of halogens is 5. The highest BCUT2D eigenvalue weighted by molar-refractivity contribution is 6.44. The number of hydrogen-bond donors (Lipinski definition) is 1. The lowest BCUT2D eigenvalue weighted by Gasteiger charge is -2.15. The molecule has 0 saturated carbocycles. The van der Waals surface area contributed by atoms with Crippen LogP contribution in [-0.4, -0.2) is 24.6 Å². The molecule has 0 heterocycles. The fraction of sp³-hybridized carbons (Fsp3) is 0.222. The average molecular weight is 453 g/mol. The van der Waals surface area contributed by atoms with Crippen LogP contribution < -0.4 is 10.1 Å². The Balaban J connectivity index is 1.91. The van der Waals surface area contributed by atoms with E-state index in [2.05, 4.69) is 10.1 Å². The number of amides is 1. The largest absolute Gasteiger partial charge is 0.452 e. The Morgan fingerprint density at radius 2 is 1.64 bits per heavy atom. The quantitative estimate of drug-likeness (QED) is 0.454. The van der Waals surface area contributed by atoms with E-state index in [9.17, 15) is 18.4 Å². The summed E-state index contributed by atoms with van der Waals surface area (Å²) in [5.74, 6) is -1.32. The first-order valence-corrected chi connectivity index (χ1v) is 8.97. The van der Waals surface area contributed by atoms with Gasteiger partial charge in [0.1, 0.15) is 5.75 Å². The number of esters is 1. The minimum absolute atomic E-state index is 0.0293. The molecule has 1 amide bonds. The maximum atomic E-state index is 12.2. The zero-order valence-electron chi connectivity index (χ0n) is 14.3. The molecule has 1 N–H and O–H groups in total. The van der Waals surface area contributed by atoms with Crippen molar-refractivity contribution in [2.45, 2.75) is 26.1 Å². The van der Waals surface area contributed by atoms with Crippen LogP contribution in [0.25, 0.3) is 0 Å². The van der Waals surface area contributed by atoms with Gasteiger partial charge in [0, 0.05) is 0 Å². The lowest BCUT2D eigenvalue weighted by molar-refractivity contribution is -0.152. The van der Waals surface area contributed by atoms with Crippen LogP contribution in [0.1, 0.15) is 12.5 Å². The lowest BCUT2D eigenvalue weighted by Crippen LogP contribution is -2.30. The van der Waals surface area contributed by atoms with Gasteiger partial charge in [0.25, 0.3) is 5.91 Å². The van der Waals surface area contributed by atoms with Crippen molar-refractivity contribution in [1.82, 2.24) is 0 Å². The van der Waals surface area contributed by atoms with Crippen molar-refractivity contribution in [3.63, 3.8) is 0 Å². The first-order valence-electron chi connectivity index (χ1n) is 7.84. The van der Waals surface area contributed by atoms with Gasteiger partial charge in [-0.1, -0.05) is 46.9 Å². The van der Waals surface area contributed by atoms with Crippen LogP contribution in [-0.2, 0) is 20.7 Å². The summed E-state index contributed by atoms with van der Waals surface area (Å²) in [4.78, 5) is 24.2. The standard InChI is InChI=1S/C18H14Cl3F2NO4/c1-9(17(26)24-15-8-13(20)12(19)7-14(15)21)27-16(25)6-10-2-4-11(5-3-10)28-18(22)23/h2-5,7-9,18H,6H2,1H3,(H,24,26). The molecule has 0 bridgehead atoms. The molecule has 0 aliphatic rings. The highest BCUT2D eigenvalue weighted by Gasteiger charge is 2.20. The molecular formula is C18H14Cl3F2NO4. The highest BCUT2D eigenvalue weighted by Crippen LogP contribution is 2.32. The Labute approximate surface area is 174 Å². The number of hydrogen-bond acceptors (Lipinski definition) is 4. The Morgan fingerprint density at radius 3 is 2.25 bits per heavy atom. The topological polar surface area (TPSA) is 64.6 Å². The molecule has 1 atom stereocenters. The number of anilines is 1. The number of nitrogens with one attached hydrogen (secondary N) is 1. The van der Waals surface area contributed by atoms with Crippen LogP contribution in [0.5, 0.6) is 5.75 Å². The summed E-state index contributed by atoms with van der Waals surface area (Å²) in [5.41, 5.74) is 0.727. The van der Waals surface area contributed by atoms with Gasteiger partial charge in [-0.3, -0.25) is 9.59 Å². The number of ether oxygens (including phenoxy) is 2. The minimum atomic E-state index is -2.93. The van der Waals surface area contributed by atoms with E-state index in [0.717, 1.165) is 0 Å². The Kier molecular flexibility index (Phi) is 7.86. The number of carbonyl (C=O) groups is 2. The normalized spacial score (nSPS) is 11.8. The highest BCUT2D eigenvalue weighted by atomic mass is 35.5. The molecule has 2 rings (SSSR count). The second kappa shape index (κ2) is 9.91. The third-order valence-electron chi connectivity index (χ3n) is 3.44. The van der Waals surface area contributed by atoms with Crippen molar-refractivity contribution in [2.24, 2.45) is 0 Å². The van der Waals surface area contributed by atoms with Crippen molar-refractivity contribution in [3.8, 4) is 5.75 Å². The predicted molar refractivity (Wildman–Crippen MR) is 102 cm³/mol. The predicted octanol–water partition coefficient (Wildman–Crippen LogP) is 5.36. The van der Waals surface area contributed by atoms with Gasteiger partial charge in [0.15, 0.2) is 6.10 Å². The van der Waals surface area contributed by atoms with Crippen LogP contribution in [0, 0.1) is 0 Å². The molecule has 0 aliphatic heterocycles. The van der Waals surface area contributed by atoms with E-state index < -0.39 is 24.6 Å². The van der Waals surface area contributed by atoms with Gasteiger partial charge in [0.2, 0.25) is 0 Å². The van der Waals surface area contributed by atoms with Crippen molar-refractivity contribution < 1.29 is 27.8 Å². The van der Waals surface area contributed by atoms with E-state index >= 15 is 0 Å². The SMILES string of the molecule is CC(OC(=O)Cc1ccc(OC(F)F)cc1)C(=O)Nc1cc(Cl)c(Cl)cc1Cl. The molecule has 0 spiro atoms. The Morgan fingerprint density at radius 1 is 1.04 bits per heavy atom. The number of benzene rings is 2. The first-order chi connectivity index (χ1) is 13.2. The van der Waals surface area contributed by atoms with E-state index in [1.807, 2.05) is 0 Å². The Hall–Kier alpha value is -2.09. The van der Waals surface area contributed by atoms with Crippen molar-refractivity contribution in [2.75, 3.05) is 5.32 Å². The van der Waals surface area contributed by atoms with E-state index in [0.29, 0.717) is 5.56 Å². The molecule has 150 valence electrons. The van der Waals surface area contributed by atoms with E-state index in [1.54, 1.807) is 0 Å². The zero-order chi connectivity index (χ0) is 20.8. The molecule has 2 aromatic rings. The third-order valence-corrected chi connectivity index (χ3v) is 4.48. The average Bonchev–Trinajstić information content (AvgIpc) is 2.60. The smallest absolute Gasteiger partial charge is 0.387 e. The summed E-state index contributed by atoms with van der Waals surface area (Å²) in [5, 5.41) is 3.10. The molecule has 10 heteroatoms. The summed E-state index contributed by atoms with van der Waals surface area (Å²) in [6, 6.07) is 8.24. The molecule has 1 unspecified atom stereocenters. The minimum Gasteiger partial charge on any atom is -0.452 e. The second-order valence-corrected chi connectivity index (χ2v) is 6.79. The fourth-order valence-corrected chi connectivity index (χ4v) is 2.69. The zero-order valence-corrected chi connectivity index (χ0v) is 16.6. The first kappa shape index (κ1) is 22.2. The molecule has 2 aromatic carbocycles. The summed E-state index contributed by atoms with van der Waals surface area (Å²) >= 11 is 17.7. The molecule has 0 aromatic heterocycles. The molecule has 0 aliphatic carbocycles. The van der Waals surface area contributed by atoms with E-state index in [4.69, 9.17) is 39.5 Å². The van der Waals surface area contributed by atoms with Gasteiger partial charge in [0.05, 0.1) is 27.2 Å². The van der Waals surface area contributed by atoms with Crippen LogP contribution >= 0.6 is 34.8 Å². The van der Waals surface area contributed by atoms with Crippen LogP contribution in [0.2, 0.25) is 15.1 Å². The maximum Gasteiger partial charge on any atom is 0.387 e. The van der Waals surface area contributed by atoms with Crippen molar-refractivity contribution >= 4 is 52.4 Å². The van der Waals surface area contributed by atoms with Crippen LogP contribution in [0.4, 0.5) is 14.5 Å². The van der Waals surface area contributed by atoms with Gasteiger partial charge < -0.3 is 14.8 Å². The van der Waals surface area contributed by atoms with Crippen LogP contribution in [0.15, 0.2) is 36.4 Å². The van der Waals surface area contributed by atoms with Crippen LogP contribution in [0.3, 0.4) is 0 Å². The molecule has 0 fully saturated rings. The van der Waals surface area contributed by atoms with Gasteiger partial charge in [-0.05, 0) is 36.8 Å². The third kappa shape index (κ3) is 6.51. The molecular weight excluding hydrogens is 439 g/mol. The summed E-state index contributed by atoms with van der Waals surface area (Å²) in [7, 11) is 0. The summed E-state index contributed by atoms with van der Waals surface area (Å²) < 4.78 is 33.5. The maximum absolute atomic E-state index is 12.2. The fourth-order valence-electron chi connectivity index (χ4n) is 2.10. The molecule has 5 nitrogen and oxygen atoms in total. The Bertz CT molecular complexity index is 863. The van der Waals surface area contributed by atoms with Gasteiger partial charge >= 0.3 is 12.6 Å². The lowest BCUT2D eigenvalue weighted by atomic mass is 10.1.